The van der Waals surface area contributed by atoms with Gasteiger partial charge in [0.2, 0.25) is 5.91 Å². The number of aromatic nitrogens is 2. The van der Waals surface area contributed by atoms with Crippen molar-refractivity contribution in [1.29, 1.82) is 0 Å². The molecular formula is C16H20IN3O2. The highest BCUT2D eigenvalue weighted by atomic mass is 127. The van der Waals surface area contributed by atoms with E-state index in [2.05, 4.69) is 32.9 Å². The Morgan fingerprint density at radius 1 is 1.41 bits per heavy atom. The Hall–Kier alpha value is -1.41. The van der Waals surface area contributed by atoms with Gasteiger partial charge in [0, 0.05) is 24.2 Å². The fourth-order valence-corrected chi connectivity index (χ4v) is 2.79. The quantitative estimate of drug-likeness (QED) is 0.583. The summed E-state index contributed by atoms with van der Waals surface area (Å²) in [6.07, 6.45) is 2.36. The molecular weight excluding hydrogens is 393 g/mol. The van der Waals surface area contributed by atoms with E-state index < -0.39 is 0 Å². The second kappa shape index (κ2) is 7.73. The summed E-state index contributed by atoms with van der Waals surface area (Å²) in [5, 5.41) is 2.92. The summed E-state index contributed by atoms with van der Waals surface area (Å²) in [6.45, 7) is 6.95. The van der Waals surface area contributed by atoms with Crippen molar-refractivity contribution in [3.63, 3.8) is 0 Å². The monoisotopic (exact) mass is 413 g/mol. The number of nitrogens with one attached hydrogen (secondary N) is 1. The van der Waals surface area contributed by atoms with E-state index in [0.29, 0.717) is 19.6 Å². The largest absolute Gasteiger partial charge is 0.381 e. The van der Waals surface area contributed by atoms with Crippen molar-refractivity contribution in [2.45, 2.75) is 27.2 Å². The first-order chi connectivity index (χ1) is 10.5. The van der Waals surface area contributed by atoms with E-state index in [1.165, 1.54) is 0 Å². The molecule has 0 atom stereocenters. The lowest BCUT2D eigenvalue weighted by atomic mass is 10.1. The first-order valence-corrected chi connectivity index (χ1v) is 8.29. The maximum atomic E-state index is 11.8. The van der Waals surface area contributed by atoms with Gasteiger partial charge in [0.15, 0.2) is 0 Å². The minimum Gasteiger partial charge on any atom is -0.381 e. The van der Waals surface area contributed by atoms with Crippen molar-refractivity contribution in [3.05, 3.63) is 39.5 Å². The lowest BCUT2D eigenvalue weighted by Crippen LogP contribution is -2.15. The van der Waals surface area contributed by atoms with Gasteiger partial charge in [-0.15, -0.1) is 0 Å². The molecule has 5 nitrogen and oxygen atoms in total. The molecule has 0 aliphatic rings. The number of hydrogen-bond acceptors (Lipinski definition) is 3. The molecule has 0 radical (unpaired) electrons. The molecule has 22 heavy (non-hydrogen) atoms. The van der Waals surface area contributed by atoms with Crippen LogP contribution in [0, 0.1) is 17.5 Å². The summed E-state index contributed by atoms with van der Waals surface area (Å²) in [6, 6.07) is 5.95. The molecule has 2 rings (SSSR count). The van der Waals surface area contributed by atoms with Crippen LogP contribution in [0.1, 0.15) is 24.7 Å². The van der Waals surface area contributed by atoms with Crippen LogP contribution in [0.3, 0.4) is 0 Å². The Balaban J connectivity index is 2.10. The minimum absolute atomic E-state index is 0.0299. The zero-order chi connectivity index (χ0) is 16.1. The summed E-state index contributed by atoms with van der Waals surface area (Å²) in [7, 11) is 0. The number of hydrogen-bond donors (Lipinski definition) is 1. The van der Waals surface area contributed by atoms with Crippen molar-refractivity contribution in [2.75, 3.05) is 18.5 Å². The number of carbonyl (C=O) groups is 1. The van der Waals surface area contributed by atoms with Gasteiger partial charge in [-0.3, -0.25) is 4.79 Å². The number of halogens is 1. The van der Waals surface area contributed by atoms with Gasteiger partial charge in [0.1, 0.15) is 9.53 Å². The Morgan fingerprint density at radius 2 is 2.18 bits per heavy atom. The molecule has 2 aromatic rings. The predicted molar refractivity (Wildman–Crippen MR) is 95.5 cm³/mol. The van der Waals surface area contributed by atoms with Crippen molar-refractivity contribution < 1.29 is 9.53 Å². The molecule has 1 amide bonds. The molecule has 1 N–H and O–H groups in total. The summed E-state index contributed by atoms with van der Waals surface area (Å²) in [4.78, 5) is 16.2. The average molecular weight is 413 g/mol. The molecule has 1 heterocycles. The Kier molecular flexibility index (Phi) is 5.96. The SMILES string of the molecule is CCOCCC(=O)Nc1ccc(-n2cc(I)nc2C)cc1C. The number of rotatable bonds is 6. The van der Waals surface area contributed by atoms with Gasteiger partial charge in [0.25, 0.3) is 0 Å². The van der Waals surface area contributed by atoms with Gasteiger partial charge >= 0.3 is 0 Å². The number of imidazole rings is 1. The lowest BCUT2D eigenvalue weighted by molar-refractivity contribution is -0.117. The van der Waals surface area contributed by atoms with E-state index in [-0.39, 0.29) is 5.91 Å². The Bertz CT molecular complexity index is 667. The maximum Gasteiger partial charge on any atom is 0.226 e. The molecule has 0 saturated heterocycles. The van der Waals surface area contributed by atoms with Gasteiger partial charge < -0.3 is 14.6 Å². The van der Waals surface area contributed by atoms with Gasteiger partial charge in [-0.05, 0) is 67.1 Å². The highest BCUT2D eigenvalue weighted by Gasteiger charge is 2.08. The smallest absolute Gasteiger partial charge is 0.226 e. The maximum absolute atomic E-state index is 11.8. The third-order valence-corrected chi connectivity index (χ3v) is 3.81. The third kappa shape index (κ3) is 4.30. The van der Waals surface area contributed by atoms with Gasteiger partial charge in [-0.1, -0.05) is 0 Å². The molecule has 6 heteroatoms. The van der Waals surface area contributed by atoms with Gasteiger partial charge in [-0.25, -0.2) is 4.98 Å². The topological polar surface area (TPSA) is 56.1 Å². The highest BCUT2D eigenvalue weighted by molar-refractivity contribution is 14.1. The molecule has 0 unspecified atom stereocenters. The van der Waals surface area contributed by atoms with Crippen LogP contribution in [0.2, 0.25) is 0 Å². The van der Waals surface area contributed by atoms with Crippen LogP contribution >= 0.6 is 22.6 Å². The van der Waals surface area contributed by atoms with Crippen LogP contribution in [0.25, 0.3) is 5.69 Å². The molecule has 118 valence electrons. The van der Waals surface area contributed by atoms with E-state index in [1.807, 2.05) is 49.7 Å². The molecule has 0 aliphatic carbocycles. The first kappa shape index (κ1) is 17.0. The summed E-state index contributed by atoms with van der Waals surface area (Å²) >= 11 is 2.20. The van der Waals surface area contributed by atoms with Crippen molar-refractivity contribution in [2.24, 2.45) is 0 Å². The minimum atomic E-state index is -0.0299. The van der Waals surface area contributed by atoms with Crippen LogP contribution in [0.5, 0.6) is 0 Å². The Labute approximate surface area is 144 Å². The van der Waals surface area contributed by atoms with E-state index in [0.717, 1.165) is 26.5 Å². The highest BCUT2D eigenvalue weighted by Crippen LogP contribution is 2.21. The zero-order valence-electron chi connectivity index (χ0n) is 13.0. The van der Waals surface area contributed by atoms with Crippen LogP contribution in [-0.2, 0) is 9.53 Å². The van der Waals surface area contributed by atoms with E-state index in [1.54, 1.807) is 0 Å². The predicted octanol–water partition coefficient (Wildman–Crippen LogP) is 3.46. The number of amides is 1. The zero-order valence-corrected chi connectivity index (χ0v) is 15.2. The fourth-order valence-electron chi connectivity index (χ4n) is 2.16. The number of aryl methyl sites for hydroxylation is 2. The van der Waals surface area contributed by atoms with Crippen LogP contribution in [0.15, 0.2) is 24.4 Å². The fraction of sp³-hybridized carbons (Fsp3) is 0.375. The standard InChI is InChI=1S/C16H20IN3O2/c1-4-22-8-7-16(21)19-14-6-5-13(9-11(14)2)20-10-15(17)18-12(20)3/h5-6,9-10H,4,7-8H2,1-3H3,(H,19,21). The summed E-state index contributed by atoms with van der Waals surface area (Å²) < 4.78 is 8.19. The molecule has 1 aromatic heterocycles. The van der Waals surface area contributed by atoms with Crippen molar-refractivity contribution >= 4 is 34.2 Å². The molecule has 0 spiro atoms. The van der Waals surface area contributed by atoms with Crippen molar-refractivity contribution in [1.82, 2.24) is 9.55 Å². The van der Waals surface area contributed by atoms with Crippen LogP contribution in [0.4, 0.5) is 5.69 Å². The van der Waals surface area contributed by atoms with Crippen LogP contribution < -0.4 is 5.32 Å². The second-order valence-corrected chi connectivity index (χ2v) is 6.08. The number of nitrogens with zero attached hydrogens (tertiary/aromatic N) is 2. The number of benzene rings is 1. The summed E-state index contributed by atoms with van der Waals surface area (Å²) in [5.74, 6) is 0.912. The van der Waals surface area contributed by atoms with Crippen LogP contribution in [-0.4, -0.2) is 28.7 Å². The average Bonchev–Trinajstić information content (AvgIpc) is 2.80. The second-order valence-electron chi connectivity index (χ2n) is 4.98. The first-order valence-electron chi connectivity index (χ1n) is 7.21. The van der Waals surface area contributed by atoms with E-state index in [4.69, 9.17) is 4.74 Å². The lowest BCUT2D eigenvalue weighted by Gasteiger charge is -2.11. The number of carbonyl (C=O) groups excluding carboxylic acids is 1. The molecule has 0 saturated carbocycles. The van der Waals surface area contributed by atoms with E-state index >= 15 is 0 Å². The van der Waals surface area contributed by atoms with E-state index in [9.17, 15) is 4.79 Å². The number of anilines is 1. The van der Waals surface area contributed by atoms with Crippen molar-refractivity contribution in [3.8, 4) is 5.69 Å². The number of ether oxygens (including phenoxy) is 1. The van der Waals surface area contributed by atoms with Gasteiger partial charge in [0.05, 0.1) is 13.0 Å². The molecule has 0 aliphatic heterocycles. The Morgan fingerprint density at radius 3 is 2.77 bits per heavy atom. The normalized spacial score (nSPS) is 10.7. The third-order valence-electron chi connectivity index (χ3n) is 3.29. The molecule has 0 bridgehead atoms. The molecule has 0 fully saturated rings. The molecule has 1 aromatic carbocycles. The van der Waals surface area contributed by atoms with Gasteiger partial charge in [-0.2, -0.15) is 0 Å². The summed E-state index contributed by atoms with van der Waals surface area (Å²) in [5.41, 5.74) is 2.89.